The third-order valence-electron chi connectivity index (χ3n) is 4.39. The monoisotopic (exact) mass is 344 g/mol. The third-order valence-corrected chi connectivity index (χ3v) is 5.54. The van der Waals surface area contributed by atoms with Gasteiger partial charge in [0.1, 0.15) is 16.7 Å². The summed E-state index contributed by atoms with van der Waals surface area (Å²) >= 11 is 1.59. The average molecular weight is 344 g/mol. The molecule has 0 saturated carbocycles. The van der Waals surface area contributed by atoms with E-state index in [4.69, 9.17) is 4.74 Å². The second kappa shape index (κ2) is 6.54. The Balaban J connectivity index is 1.79. The number of fused-ring (bicyclic) bond motifs is 2. The van der Waals surface area contributed by atoms with Crippen molar-refractivity contribution in [2.45, 2.75) is 12.3 Å². The molecule has 0 aliphatic heterocycles. The van der Waals surface area contributed by atoms with Crippen LogP contribution in [0.1, 0.15) is 16.5 Å². The highest BCUT2D eigenvalue weighted by molar-refractivity contribution is 7.18. The second-order valence-electron chi connectivity index (χ2n) is 5.87. The number of aromatic nitrogens is 1. The highest BCUT2D eigenvalue weighted by Crippen LogP contribution is 2.35. The van der Waals surface area contributed by atoms with E-state index in [9.17, 15) is 5.26 Å². The number of benzene rings is 3. The lowest BCUT2D eigenvalue weighted by Crippen LogP contribution is -2.03. The van der Waals surface area contributed by atoms with E-state index in [0.29, 0.717) is 6.42 Å². The molecule has 0 aliphatic rings. The molecule has 0 aliphatic carbocycles. The number of para-hydroxylation sites is 1. The van der Waals surface area contributed by atoms with Crippen LogP contribution in [0.4, 0.5) is 0 Å². The van der Waals surface area contributed by atoms with Crippen LogP contribution >= 0.6 is 11.3 Å². The van der Waals surface area contributed by atoms with Gasteiger partial charge in [-0.3, -0.25) is 0 Å². The molecule has 0 spiro atoms. The first-order valence-corrected chi connectivity index (χ1v) is 8.91. The van der Waals surface area contributed by atoms with Gasteiger partial charge in [0, 0.05) is 5.56 Å². The number of hydrogen-bond acceptors (Lipinski definition) is 4. The topological polar surface area (TPSA) is 45.9 Å². The largest absolute Gasteiger partial charge is 0.496 e. The summed E-state index contributed by atoms with van der Waals surface area (Å²) in [4.78, 5) is 4.67. The fraction of sp³-hybridized carbons (Fsp3) is 0.143. The van der Waals surface area contributed by atoms with Crippen LogP contribution in [0.15, 0.2) is 60.7 Å². The Bertz CT molecular complexity index is 1060. The summed E-state index contributed by atoms with van der Waals surface area (Å²) in [6, 6.07) is 22.7. The first-order chi connectivity index (χ1) is 12.3. The van der Waals surface area contributed by atoms with Gasteiger partial charge in [-0.15, -0.1) is 11.3 Å². The Morgan fingerprint density at radius 1 is 1.08 bits per heavy atom. The van der Waals surface area contributed by atoms with Gasteiger partial charge in [0.15, 0.2) is 0 Å². The molecule has 4 rings (SSSR count). The fourth-order valence-corrected chi connectivity index (χ4v) is 4.16. The van der Waals surface area contributed by atoms with Crippen molar-refractivity contribution in [3.8, 4) is 11.8 Å². The maximum Gasteiger partial charge on any atom is 0.122 e. The zero-order valence-electron chi connectivity index (χ0n) is 13.8. The van der Waals surface area contributed by atoms with E-state index >= 15 is 0 Å². The molecule has 4 aromatic rings. The minimum absolute atomic E-state index is 0.294. The number of methoxy groups -OCH3 is 1. The minimum Gasteiger partial charge on any atom is -0.496 e. The molecular weight excluding hydrogens is 328 g/mol. The van der Waals surface area contributed by atoms with Gasteiger partial charge < -0.3 is 4.74 Å². The summed E-state index contributed by atoms with van der Waals surface area (Å²) in [5.74, 6) is 0.525. The van der Waals surface area contributed by atoms with Gasteiger partial charge in [0.05, 0.1) is 23.4 Å². The molecule has 0 bridgehead atoms. The van der Waals surface area contributed by atoms with Gasteiger partial charge in [-0.2, -0.15) is 5.26 Å². The highest BCUT2D eigenvalue weighted by Gasteiger charge is 2.20. The van der Waals surface area contributed by atoms with Crippen molar-refractivity contribution in [3.05, 3.63) is 71.2 Å². The normalized spacial score (nSPS) is 12.2. The molecule has 25 heavy (non-hydrogen) atoms. The molecule has 3 aromatic carbocycles. The van der Waals surface area contributed by atoms with E-state index in [1.165, 1.54) is 0 Å². The van der Waals surface area contributed by atoms with E-state index in [1.54, 1.807) is 18.4 Å². The van der Waals surface area contributed by atoms with Gasteiger partial charge in [-0.1, -0.05) is 42.5 Å². The summed E-state index contributed by atoms with van der Waals surface area (Å²) in [5, 5.41) is 12.9. The van der Waals surface area contributed by atoms with Crippen molar-refractivity contribution >= 4 is 32.3 Å². The van der Waals surface area contributed by atoms with Gasteiger partial charge in [-0.25, -0.2) is 4.98 Å². The number of nitriles is 1. The second-order valence-corrected chi connectivity index (χ2v) is 6.94. The van der Waals surface area contributed by atoms with Crippen LogP contribution < -0.4 is 4.74 Å². The molecule has 0 N–H and O–H groups in total. The van der Waals surface area contributed by atoms with Crippen LogP contribution in [0.2, 0.25) is 0 Å². The van der Waals surface area contributed by atoms with Gasteiger partial charge in [-0.05, 0) is 35.4 Å². The summed E-state index contributed by atoms with van der Waals surface area (Å²) in [7, 11) is 1.67. The number of rotatable bonds is 4. The molecule has 4 heteroatoms. The molecule has 1 aromatic heterocycles. The van der Waals surface area contributed by atoms with Gasteiger partial charge >= 0.3 is 0 Å². The summed E-state index contributed by atoms with van der Waals surface area (Å²) < 4.78 is 6.68. The standard InChI is InChI=1S/C21H16N2OS/c1-24-19-11-10-14-6-2-3-7-16(14)17(19)12-15(13-22)21-23-18-8-4-5-9-20(18)25-21/h2-11,15H,12H2,1H3/t15-/m1/s1. The maximum absolute atomic E-state index is 9.78. The maximum atomic E-state index is 9.78. The Morgan fingerprint density at radius 2 is 1.88 bits per heavy atom. The van der Waals surface area contributed by atoms with Crippen LogP contribution in [0.5, 0.6) is 5.75 Å². The predicted molar refractivity (Wildman–Crippen MR) is 102 cm³/mol. The van der Waals surface area contributed by atoms with Crippen LogP contribution in [0, 0.1) is 11.3 Å². The minimum atomic E-state index is -0.294. The molecule has 122 valence electrons. The number of thiazole rings is 1. The number of ether oxygens (including phenoxy) is 1. The molecule has 3 nitrogen and oxygen atoms in total. The van der Waals surface area contributed by atoms with Crippen LogP contribution in [-0.2, 0) is 6.42 Å². The molecule has 0 saturated heterocycles. The zero-order valence-corrected chi connectivity index (χ0v) is 14.6. The lowest BCUT2D eigenvalue weighted by atomic mass is 9.95. The quantitative estimate of drug-likeness (QED) is 0.504. The lowest BCUT2D eigenvalue weighted by Gasteiger charge is -2.14. The molecule has 0 fully saturated rings. The van der Waals surface area contributed by atoms with Crippen LogP contribution in [0.3, 0.4) is 0 Å². The first kappa shape index (κ1) is 15.6. The van der Waals surface area contributed by atoms with E-state index in [0.717, 1.165) is 37.3 Å². The summed E-state index contributed by atoms with van der Waals surface area (Å²) in [6.45, 7) is 0. The Hall–Kier alpha value is -2.90. The Morgan fingerprint density at radius 3 is 2.68 bits per heavy atom. The fourth-order valence-electron chi connectivity index (χ4n) is 3.15. The smallest absolute Gasteiger partial charge is 0.122 e. The van der Waals surface area contributed by atoms with Crippen molar-refractivity contribution in [2.75, 3.05) is 7.11 Å². The first-order valence-electron chi connectivity index (χ1n) is 8.10. The number of nitrogens with zero attached hydrogens (tertiary/aromatic N) is 2. The molecule has 0 radical (unpaired) electrons. The Kier molecular flexibility index (Phi) is 4.09. The molecule has 1 heterocycles. The molecule has 0 amide bonds. The molecular formula is C21H16N2OS. The van der Waals surface area contributed by atoms with Crippen molar-refractivity contribution < 1.29 is 4.74 Å². The van der Waals surface area contributed by atoms with Crippen molar-refractivity contribution in [1.82, 2.24) is 4.98 Å². The number of hydrogen-bond donors (Lipinski definition) is 0. The van der Waals surface area contributed by atoms with E-state index in [1.807, 2.05) is 42.5 Å². The van der Waals surface area contributed by atoms with Crippen molar-refractivity contribution in [2.24, 2.45) is 0 Å². The SMILES string of the molecule is COc1ccc2ccccc2c1C[C@H](C#N)c1nc2ccccc2s1. The van der Waals surface area contributed by atoms with Crippen molar-refractivity contribution in [1.29, 1.82) is 5.26 Å². The molecule has 0 unspecified atom stereocenters. The third kappa shape index (κ3) is 2.84. The lowest BCUT2D eigenvalue weighted by molar-refractivity contribution is 0.410. The van der Waals surface area contributed by atoms with E-state index < -0.39 is 0 Å². The summed E-state index contributed by atoms with van der Waals surface area (Å²) in [6.07, 6.45) is 0.584. The van der Waals surface area contributed by atoms with Gasteiger partial charge in [0.2, 0.25) is 0 Å². The van der Waals surface area contributed by atoms with Crippen LogP contribution in [-0.4, -0.2) is 12.1 Å². The van der Waals surface area contributed by atoms with Crippen molar-refractivity contribution in [3.63, 3.8) is 0 Å². The molecule has 1 atom stereocenters. The van der Waals surface area contributed by atoms with E-state index in [2.05, 4.69) is 29.3 Å². The predicted octanol–water partition coefficient (Wildman–Crippen LogP) is 5.31. The zero-order chi connectivity index (χ0) is 17.2. The average Bonchev–Trinajstić information content (AvgIpc) is 3.09. The Labute approximate surface area is 150 Å². The highest BCUT2D eigenvalue weighted by atomic mass is 32.1. The van der Waals surface area contributed by atoms with Crippen LogP contribution in [0.25, 0.3) is 21.0 Å². The van der Waals surface area contributed by atoms with Gasteiger partial charge in [0.25, 0.3) is 0 Å². The summed E-state index contributed by atoms with van der Waals surface area (Å²) in [5.41, 5.74) is 2.01. The van der Waals surface area contributed by atoms with E-state index in [-0.39, 0.29) is 5.92 Å².